The molecule has 2 fully saturated rings. The largest absolute Gasteiger partial charge is 0.481 e. The van der Waals surface area contributed by atoms with Crippen molar-refractivity contribution >= 4 is 12.0 Å². The van der Waals surface area contributed by atoms with E-state index in [1.54, 1.807) is 0 Å². The molecule has 1 aliphatic carbocycles. The van der Waals surface area contributed by atoms with E-state index < -0.39 is 5.97 Å². The molecule has 114 valence electrons. The van der Waals surface area contributed by atoms with Crippen molar-refractivity contribution in [2.45, 2.75) is 64.5 Å². The fraction of sp³-hybridized carbons (Fsp3) is 0.867. The van der Waals surface area contributed by atoms with Crippen molar-refractivity contribution in [2.75, 3.05) is 6.54 Å². The Kier molecular flexibility index (Phi) is 4.25. The fourth-order valence-corrected chi connectivity index (χ4v) is 3.68. The molecule has 1 saturated heterocycles. The predicted octanol–water partition coefficient (Wildman–Crippen LogP) is 2.46. The second-order valence-electron chi connectivity index (χ2n) is 7.07. The van der Waals surface area contributed by atoms with E-state index in [2.05, 4.69) is 26.1 Å². The normalized spacial score (nSPS) is 33.0. The third-order valence-corrected chi connectivity index (χ3v) is 4.72. The highest BCUT2D eigenvalue weighted by molar-refractivity contribution is 5.76. The van der Waals surface area contributed by atoms with Crippen LogP contribution in [0.3, 0.4) is 0 Å². The number of likely N-dealkylation sites (tertiary alicyclic amines) is 1. The summed E-state index contributed by atoms with van der Waals surface area (Å²) in [5.74, 6) is -0.394. The van der Waals surface area contributed by atoms with Gasteiger partial charge in [-0.25, -0.2) is 4.79 Å². The van der Waals surface area contributed by atoms with E-state index in [0.29, 0.717) is 18.8 Å². The number of nitrogens with one attached hydrogen (secondary N) is 1. The average molecular weight is 282 g/mol. The molecule has 1 aliphatic heterocycles. The van der Waals surface area contributed by atoms with Gasteiger partial charge in [0, 0.05) is 18.1 Å². The molecule has 2 rings (SSSR count). The number of nitrogens with zero attached hydrogens (tertiary/aromatic N) is 1. The molecule has 5 heteroatoms. The van der Waals surface area contributed by atoms with Gasteiger partial charge in [-0.3, -0.25) is 4.79 Å². The van der Waals surface area contributed by atoms with Gasteiger partial charge in [-0.2, -0.15) is 0 Å². The Balaban J connectivity index is 1.85. The molecule has 0 aromatic rings. The second-order valence-corrected chi connectivity index (χ2v) is 7.07. The summed E-state index contributed by atoms with van der Waals surface area (Å²) in [5.41, 5.74) is -0.0816. The number of urea groups is 1. The number of amides is 2. The van der Waals surface area contributed by atoms with Crippen LogP contribution in [-0.4, -0.2) is 40.1 Å². The van der Waals surface area contributed by atoms with Crippen LogP contribution in [0.5, 0.6) is 0 Å². The lowest BCUT2D eigenvalue weighted by atomic mass is 9.86. The Morgan fingerprint density at radius 2 is 1.80 bits per heavy atom. The van der Waals surface area contributed by atoms with Gasteiger partial charge in [-0.05, 0) is 51.9 Å². The Morgan fingerprint density at radius 1 is 1.20 bits per heavy atom. The molecule has 1 saturated carbocycles. The topological polar surface area (TPSA) is 69.6 Å². The number of carbonyl (C=O) groups excluding carboxylic acids is 1. The van der Waals surface area contributed by atoms with Crippen LogP contribution >= 0.6 is 0 Å². The van der Waals surface area contributed by atoms with E-state index in [-0.39, 0.29) is 23.5 Å². The average Bonchev–Trinajstić information content (AvgIpc) is 2.63. The first kappa shape index (κ1) is 15.1. The quantitative estimate of drug-likeness (QED) is 0.817. The van der Waals surface area contributed by atoms with Gasteiger partial charge in [-0.1, -0.05) is 6.92 Å². The number of carboxylic acid groups (broad SMARTS) is 1. The number of hydrogen-bond donors (Lipinski definition) is 2. The summed E-state index contributed by atoms with van der Waals surface area (Å²) in [6, 6.07) is 0.142. The minimum atomic E-state index is -0.704. The number of hydrogen-bond acceptors (Lipinski definition) is 2. The molecule has 5 nitrogen and oxygen atoms in total. The molecule has 0 aromatic carbocycles. The summed E-state index contributed by atoms with van der Waals surface area (Å²) in [7, 11) is 0. The van der Waals surface area contributed by atoms with E-state index in [4.69, 9.17) is 5.11 Å². The summed E-state index contributed by atoms with van der Waals surface area (Å²) in [4.78, 5) is 25.2. The molecule has 1 atom stereocenters. The molecule has 1 heterocycles. The van der Waals surface area contributed by atoms with Crippen molar-refractivity contribution in [1.82, 2.24) is 10.2 Å². The van der Waals surface area contributed by atoms with Crippen molar-refractivity contribution in [2.24, 2.45) is 11.8 Å². The first-order chi connectivity index (χ1) is 9.29. The summed E-state index contributed by atoms with van der Waals surface area (Å²) in [5, 5.41) is 12.1. The van der Waals surface area contributed by atoms with Crippen LogP contribution in [-0.2, 0) is 4.79 Å². The highest BCUT2D eigenvalue weighted by atomic mass is 16.4. The standard InChI is InChI=1S/C15H26N2O3/c1-10-8-15(2,3)17(9-10)14(20)16-12-6-4-11(5-7-12)13(18)19/h10-12H,4-9H2,1-3H3,(H,16,20)(H,18,19). The van der Waals surface area contributed by atoms with Gasteiger partial charge in [0.05, 0.1) is 5.92 Å². The van der Waals surface area contributed by atoms with Crippen LogP contribution < -0.4 is 5.32 Å². The lowest BCUT2D eigenvalue weighted by molar-refractivity contribution is -0.142. The van der Waals surface area contributed by atoms with Crippen LogP contribution in [0.4, 0.5) is 4.79 Å². The minimum absolute atomic E-state index is 0.0122. The Labute approximate surface area is 120 Å². The van der Waals surface area contributed by atoms with E-state index in [9.17, 15) is 9.59 Å². The van der Waals surface area contributed by atoms with Crippen LogP contribution in [0, 0.1) is 11.8 Å². The summed E-state index contributed by atoms with van der Waals surface area (Å²) >= 11 is 0. The van der Waals surface area contributed by atoms with Crippen molar-refractivity contribution < 1.29 is 14.7 Å². The molecule has 20 heavy (non-hydrogen) atoms. The molecule has 2 amide bonds. The maximum absolute atomic E-state index is 12.4. The summed E-state index contributed by atoms with van der Waals surface area (Å²) in [6.45, 7) is 7.20. The zero-order chi connectivity index (χ0) is 14.9. The van der Waals surface area contributed by atoms with E-state index >= 15 is 0 Å². The fourth-order valence-electron chi connectivity index (χ4n) is 3.68. The maximum atomic E-state index is 12.4. The highest BCUT2D eigenvalue weighted by Gasteiger charge is 2.40. The first-order valence-corrected chi connectivity index (χ1v) is 7.60. The van der Waals surface area contributed by atoms with Crippen molar-refractivity contribution in [3.63, 3.8) is 0 Å². The maximum Gasteiger partial charge on any atom is 0.318 e. The molecule has 0 aromatic heterocycles. The first-order valence-electron chi connectivity index (χ1n) is 7.60. The molecule has 0 radical (unpaired) electrons. The van der Waals surface area contributed by atoms with Crippen molar-refractivity contribution in [1.29, 1.82) is 0 Å². The predicted molar refractivity (Wildman–Crippen MR) is 76.5 cm³/mol. The van der Waals surface area contributed by atoms with E-state index in [1.165, 1.54) is 0 Å². The molecule has 0 spiro atoms. The van der Waals surface area contributed by atoms with Gasteiger partial charge in [-0.15, -0.1) is 0 Å². The van der Waals surface area contributed by atoms with Crippen LogP contribution in [0.15, 0.2) is 0 Å². The number of carboxylic acids is 1. The zero-order valence-corrected chi connectivity index (χ0v) is 12.7. The van der Waals surface area contributed by atoms with Crippen LogP contribution in [0.2, 0.25) is 0 Å². The molecule has 0 bridgehead atoms. The molecule has 2 N–H and O–H groups in total. The van der Waals surface area contributed by atoms with Gasteiger partial charge in [0.2, 0.25) is 0 Å². The van der Waals surface area contributed by atoms with Gasteiger partial charge in [0.1, 0.15) is 0 Å². The van der Waals surface area contributed by atoms with Crippen LogP contribution in [0.25, 0.3) is 0 Å². The SMILES string of the molecule is CC1CN(C(=O)NC2CCC(C(=O)O)CC2)C(C)(C)C1. The van der Waals surface area contributed by atoms with Crippen molar-refractivity contribution in [3.05, 3.63) is 0 Å². The summed E-state index contributed by atoms with van der Waals surface area (Å²) in [6.07, 6.45) is 3.91. The second kappa shape index (κ2) is 5.62. The van der Waals surface area contributed by atoms with Crippen molar-refractivity contribution in [3.8, 4) is 0 Å². The number of aliphatic carboxylic acids is 1. The number of carbonyl (C=O) groups is 2. The third kappa shape index (κ3) is 3.25. The lowest BCUT2D eigenvalue weighted by Gasteiger charge is -2.34. The Hall–Kier alpha value is -1.26. The van der Waals surface area contributed by atoms with E-state index in [0.717, 1.165) is 25.8 Å². The zero-order valence-electron chi connectivity index (χ0n) is 12.7. The van der Waals surface area contributed by atoms with Gasteiger partial charge in [0.25, 0.3) is 0 Å². The number of rotatable bonds is 2. The minimum Gasteiger partial charge on any atom is -0.481 e. The third-order valence-electron chi connectivity index (χ3n) is 4.72. The van der Waals surface area contributed by atoms with E-state index in [1.807, 2.05) is 4.90 Å². The molecular weight excluding hydrogens is 256 g/mol. The summed E-state index contributed by atoms with van der Waals surface area (Å²) < 4.78 is 0. The lowest BCUT2D eigenvalue weighted by Crippen LogP contribution is -2.51. The van der Waals surface area contributed by atoms with Gasteiger partial charge in [0.15, 0.2) is 0 Å². The van der Waals surface area contributed by atoms with Gasteiger partial charge >= 0.3 is 12.0 Å². The molecule has 1 unspecified atom stereocenters. The smallest absolute Gasteiger partial charge is 0.318 e. The Bertz CT molecular complexity index is 387. The monoisotopic (exact) mass is 282 g/mol. The van der Waals surface area contributed by atoms with Crippen LogP contribution in [0.1, 0.15) is 52.9 Å². The molecule has 2 aliphatic rings. The van der Waals surface area contributed by atoms with Gasteiger partial charge < -0.3 is 15.3 Å². The Morgan fingerprint density at radius 3 is 2.25 bits per heavy atom. The highest BCUT2D eigenvalue weighted by Crippen LogP contribution is 2.32. The molecular formula is C15H26N2O3.